The van der Waals surface area contributed by atoms with Crippen LogP contribution in [0.3, 0.4) is 0 Å². The van der Waals surface area contributed by atoms with Crippen molar-refractivity contribution in [3.63, 3.8) is 0 Å². The van der Waals surface area contributed by atoms with E-state index in [1.807, 2.05) is 11.3 Å². The number of rotatable bonds is 4. The van der Waals surface area contributed by atoms with Gasteiger partial charge in [-0.3, -0.25) is 0 Å². The Bertz CT molecular complexity index is 528. The molecule has 1 atom stereocenters. The first kappa shape index (κ1) is 13.3. The Hall–Kier alpha value is -1.12. The van der Waals surface area contributed by atoms with Crippen LogP contribution in [-0.2, 0) is 12.8 Å². The lowest BCUT2D eigenvalue weighted by Gasteiger charge is -2.14. The summed E-state index contributed by atoms with van der Waals surface area (Å²) in [6.45, 7) is 6.46. The van der Waals surface area contributed by atoms with Gasteiger partial charge in [0.25, 0.3) is 0 Å². The van der Waals surface area contributed by atoms with Crippen molar-refractivity contribution < 1.29 is 0 Å². The SMILES string of the molecule is CCc1ccc(CC(N)c2cc(C)ccc2C)s1. The Labute approximate surface area is 114 Å². The zero-order chi connectivity index (χ0) is 13.1. The summed E-state index contributed by atoms with van der Waals surface area (Å²) in [6.07, 6.45) is 2.05. The molecule has 2 N–H and O–H groups in total. The molecule has 0 saturated heterocycles. The molecule has 1 unspecified atom stereocenters. The number of thiophene rings is 1. The second kappa shape index (κ2) is 5.68. The van der Waals surface area contributed by atoms with E-state index in [0.717, 1.165) is 12.8 Å². The fourth-order valence-electron chi connectivity index (χ4n) is 2.21. The highest BCUT2D eigenvalue weighted by molar-refractivity contribution is 7.11. The minimum atomic E-state index is 0.105. The predicted molar refractivity (Wildman–Crippen MR) is 80.2 cm³/mol. The average molecular weight is 259 g/mol. The Kier molecular flexibility index (Phi) is 4.20. The molecule has 0 spiro atoms. The summed E-state index contributed by atoms with van der Waals surface area (Å²) in [5.41, 5.74) is 10.2. The summed E-state index contributed by atoms with van der Waals surface area (Å²) in [4.78, 5) is 2.83. The maximum absolute atomic E-state index is 6.35. The van der Waals surface area contributed by atoms with Crippen LogP contribution in [0.1, 0.15) is 39.4 Å². The minimum absolute atomic E-state index is 0.105. The monoisotopic (exact) mass is 259 g/mol. The molecule has 1 aromatic heterocycles. The normalized spacial score (nSPS) is 12.7. The third-order valence-electron chi connectivity index (χ3n) is 3.32. The largest absolute Gasteiger partial charge is 0.324 e. The Morgan fingerprint density at radius 3 is 2.50 bits per heavy atom. The van der Waals surface area contributed by atoms with Gasteiger partial charge < -0.3 is 5.73 Å². The number of nitrogens with two attached hydrogens (primary N) is 1. The molecule has 0 amide bonds. The van der Waals surface area contributed by atoms with Crippen molar-refractivity contribution in [3.05, 3.63) is 56.8 Å². The predicted octanol–water partition coefficient (Wildman–Crippen LogP) is 4.17. The van der Waals surface area contributed by atoms with Gasteiger partial charge in [-0.15, -0.1) is 11.3 Å². The zero-order valence-corrected chi connectivity index (χ0v) is 12.2. The summed E-state index contributed by atoms with van der Waals surface area (Å²) in [5, 5.41) is 0. The van der Waals surface area contributed by atoms with Crippen LogP contribution in [0.4, 0.5) is 0 Å². The van der Waals surface area contributed by atoms with Gasteiger partial charge >= 0.3 is 0 Å². The second-order valence-corrected chi connectivity index (χ2v) is 6.15. The Morgan fingerprint density at radius 2 is 1.83 bits per heavy atom. The van der Waals surface area contributed by atoms with Crippen molar-refractivity contribution in [2.24, 2.45) is 5.73 Å². The van der Waals surface area contributed by atoms with Crippen LogP contribution >= 0.6 is 11.3 Å². The lowest BCUT2D eigenvalue weighted by Crippen LogP contribution is -2.14. The van der Waals surface area contributed by atoms with E-state index in [1.165, 1.54) is 26.4 Å². The quantitative estimate of drug-likeness (QED) is 0.876. The van der Waals surface area contributed by atoms with Crippen molar-refractivity contribution in [1.29, 1.82) is 0 Å². The summed E-state index contributed by atoms with van der Waals surface area (Å²) in [6, 6.07) is 11.1. The second-order valence-electron chi connectivity index (χ2n) is 4.89. The van der Waals surface area contributed by atoms with Gasteiger partial charge in [0.2, 0.25) is 0 Å². The molecule has 1 aromatic carbocycles. The highest BCUT2D eigenvalue weighted by Crippen LogP contribution is 2.25. The third kappa shape index (κ3) is 3.01. The average Bonchev–Trinajstić information content (AvgIpc) is 2.80. The molecule has 2 rings (SSSR count). The van der Waals surface area contributed by atoms with Gasteiger partial charge in [0.15, 0.2) is 0 Å². The topological polar surface area (TPSA) is 26.0 Å². The van der Waals surface area contributed by atoms with Gasteiger partial charge in [-0.05, 0) is 43.5 Å². The molecule has 0 fully saturated rings. The maximum Gasteiger partial charge on any atom is 0.0346 e. The van der Waals surface area contributed by atoms with E-state index in [0.29, 0.717) is 0 Å². The van der Waals surface area contributed by atoms with E-state index in [9.17, 15) is 0 Å². The first-order chi connectivity index (χ1) is 8.60. The summed E-state index contributed by atoms with van der Waals surface area (Å²) < 4.78 is 0. The van der Waals surface area contributed by atoms with Crippen LogP contribution in [0.2, 0.25) is 0 Å². The van der Waals surface area contributed by atoms with Gasteiger partial charge in [-0.25, -0.2) is 0 Å². The van der Waals surface area contributed by atoms with Crippen molar-refractivity contribution in [3.8, 4) is 0 Å². The van der Waals surface area contributed by atoms with E-state index < -0.39 is 0 Å². The summed E-state index contributed by atoms with van der Waals surface area (Å²) in [7, 11) is 0. The molecule has 1 heterocycles. The van der Waals surface area contributed by atoms with Gasteiger partial charge in [0.1, 0.15) is 0 Å². The van der Waals surface area contributed by atoms with E-state index in [4.69, 9.17) is 5.73 Å². The molecule has 18 heavy (non-hydrogen) atoms. The lowest BCUT2D eigenvalue weighted by molar-refractivity contribution is 0.724. The van der Waals surface area contributed by atoms with E-state index in [2.05, 4.69) is 51.1 Å². The molecule has 96 valence electrons. The van der Waals surface area contributed by atoms with Gasteiger partial charge in [-0.1, -0.05) is 30.7 Å². The summed E-state index contributed by atoms with van der Waals surface area (Å²) in [5.74, 6) is 0. The van der Waals surface area contributed by atoms with Crippen LogP contribution in [-0.4, -0.2) is 0 Å². The number of benzene rings is 1. The highest BCUT2D eigenvalue weighted by atomic mass is 32.1. The van der Waals surface area contributed by atoms with Crippen molar-refractivity contribution in [2.75, 3.05) is 0 Å². The first-order valence-electron chi connectivity index (χ1n) is 6.50. The van der Waals surface area contributed by atoms with Gasteiger partial charge in [0, 0.05) is 22.2 Å². The zero-order valence-electron chi connectivity index (χ0n) is 11.4. The molecule has 1 nitrogen and oxygen atoms in total. The fraction of sp³-hybridized carbons (Fsp3) is 0.375. The molecule has 2 aromatic rings. The van der Waals surface area contributed by atoms with Gasteiger partial charge in [0.05, 0.1) is 0 Å². The van der Waals surface area contributed by atoms with Crippen LogP contribution in [0.5, 0.6) is 0 Å². The molecule has 0 aliphatic heterocycles. The van der Waals surface area contributed by atoms with E-state index in [-0.39, 0.29) is 6.04 Å². The molecule has 0 aliphatic rings. The van der Waals surface area contributed by atoms with Crippen LogP contribution in [0, 0.1) is 13.8 Å². The van der Waals surface area contributed by atoms with Crippen LogP contribution in [0.15, 0.2) is 30.3 Å². The fourth-order valence-corrected chi connectivity index (χ4v) is 3.22. The van der Waals surface area contributed by atoms with Crippen molar-refractivity contribution >= 4 is 11.3 Å². The highest BCUT2D eigenvalue weighted by Gasteiger charge is 2.11. The number of aryl methyl sites for hydroxylation is 3. The number of hydrogen-bond acceptors (Lipinski definition) is 2. The molecular weight excluding hydrogens is 238 g/mol. The lowest BCUT2D eigenvalue weighted by atomic mass is 9.97. The molecule has 0 bridgehead atoms. The molecule has 2 heteroatoms. The van der Waals surface area contributed by atoms with Crippen LogP contribution in [0.25, 0.3) is 0 Å². The molecular formula is C16H21NS. The number of hydrogen-bond donors (Lipinski definition) is 1. The van der Waals surface area contributed by atoms with E-state index >= 15 is 0 Å². The molecule has 0 saturated carbocycles. The smallest absolute Gasteiger partial charge is 0.0346 e. The minimum Gasteiger partial charge on any atom is -0.324 e. The molecule has 0 aliphatic carbocycles. The van der Waals surface area contributed by atoms with Crippen LogP contribution < -0.4 is 5.73 Å². The summed E-state index contributed by atoms with van der Waals surface area (Å²) >= 11 is 1.89. The van der Waals surface area contributed by atoms with Crippen molar-refractivity contribution in [2.45, 2.75) is 39.7 Å². The Balaban J connectivity index is 2.16. The Morgan fingerprint density at radius 1 is 1.11 bits per heavy atom. The maximum atomic E-state index is 6.35. The standard InChI is InChI=1S/C16H21NS/c1-4-13-7-8-14(18-13)10-16(17)15-9-11(2)5-6-12(15)3/h5-9,16H,4,10,17H2,1-3H3. The van der Waals surface area contributed by atoms with Gasteiger partial charge in [-0.2, -0.15) is 0 Å². The molecule has 0 radical (unpaired) electrons. The third-order valence-corrected chi connectivity index (χ3v) is 4.57. The van der Waals surface area contributed by atoms with E-state index in [1.54, 1.807) is 0 Å². The van der Waals surface area contributed by atoms with Crippen molar-refractivity contribution in [1.82, 2.24) is 0 Å². The first-order valence-corrected chi connectivity index (χ1v) is 7.32.